The fourth-order valence-electron chi connectivity index (χ4n) is 2.04. The van der Waals surface area contributed by atoms with Gasteiger partial charge in [0.2, 0.25) is 0 Å². The molecule has 1 aliphatic heterocycles. The van der Waals surface area contributed by atoms with Crippen LogP contribution < -0.4 is 5.32 Å². The molecule has 0 amide bonds. The predicted molar refractivity (Wildman–Crippen MR) is 63.4 cm³/mol. The molecule has 2 rings (SSSR count). The van der Waals surface area contributed by atoms with E-state index < -0.39 is 0 Å². The minimum atomic E-state index is -0.358. The normalized spacial score (nSPS) is 25.6. The molecular weight excluding hydrogens is 218 g/mol. The Labute approximate surface area is 101 Å². The van der Waals surface area contributed by atoms with Crippen molar-refractivity contribution in [3.8, 4) is 0 Å². The average Bonchev–Trinajstić information content (AvgIpc) is 2.71. The zero-order valence-electron chi connectivity index (χ0n) is 9.80. The third-order valence-electron chi connectivity index (χ3n) is 3.02. The highest BCUT2D eigenvalue weighted by Crippen LogP contribution is 2.19. The lowest BCUT2D eigenvalue weighted by Crippen LogP contribution is -2.35. The van der Waals surface area contributed by atoms with Gasteiger partial charge in [-0.05, 0) is 12.5 Å². The minimum absolute atomic E-state index is 0.0891. The van der Waals surface area contributed by atoms with Gasteiger partial charge in [0.05, 0.1) is 6.61 Å². The highest BCUT2D eigenvalue weighted by molar-refractivity contribution is 5.78. The number of benzene rings is 1. The van der Waals surface area contributed by atoms with Crippen molar-refractivity contribution in [2.45, 2.75) is 31.5 Å². The SMILES string of the molecule is C[C@H](N[C@@H]1C[C@@H](CO)OC1=O)c1ccccc1. The molecule has 1 heterocycles. The van der Waals surface area contributed by atoms with Gasteiger partial charge >= 0.3 is 5.97 Å². The lowest BCUT2D eigenvalue weighted by molar-refractivity contribution is -0.144. The van der Waals surface area contributed by atoms with Crippen LogP contribution in [0.4, 0.5) is 0 Å². The number of ether oxygens (including phenoxy) is 1. The molecule has 3 atom stereocenters. The molecule has 1 fully saturated rings. The third-order valence-corrected chi connectivity index (χ3v) is 3.02. The van der Waals surface area contributed by atoms with Crippen LogP contribution in [-0.4, -0.2) is 29.8 Å². The van der Waals surface area contributed by atoms with Crippen molar-refractivity contribution < 1.29 is 14.6 Å². The second-order valence-electron chi connectivity index (χ2n) is 4.33. The Morgan fingerprint density at radius 1 is 1.47 bits per heavy atom. The van der Waals surface area contributed by atoms with E-state index in [1.165, 1.54) is 0 Å². The largest absolute Gasteiger partial charge is 0.459 e. The molecule has 0 spiro atoms. The Balaban J connectivity index is 1.95. The predicted octanol–water partition coefficient (Wildman–Crippen LogP) is 1.01. The maximum Gasteiger partial charge on any atom is 0.323 e. The molecule has 17 heavy (non-hydrogen) atoms. The molecule has 0 aliphatic carbocycles. The first-order chi connectivity index (χ1) is 8.20. The Kier molecular flexibility index (Phi) is 3.76. The second-order valence-corrected chi connectivity index (χ2v) is 4.33. The summed E-state index contributed by atoms with van der Waals surface area (Å²) in [6, 6.07) is 9.70. The van der Waals surface area contributed by atoms with Gasteiger partial charge in [0, 0.05) is 12.5 Å². The van der Waals surface area contributed by atoms with Crippen LogP contribution in [0.25, 0.3) is 0 Å². The smallest absolute Gasteiger partial charge is 0.323 e. The van der Waals surface area contributed by atoms with Gasteiger partial charge < -0.3 is 9.84 Å². The van der Waals surface area contributed by atoms with E-state index in [0.29, 0.717) is 6.42 Å². The molecule has 1 saturated heterocycles. The molecule has 0 radical (unpaired) electrons. The highest BCUT2D eigenvalue weighted by Gasteiger charge is 2.34. The summed E-state index contributed by atoms with van der Waals surface area (Å²) in [4.78, 5) is 11.5. The van der Waals surface area contributed by atoms with Crippen molar-refractivity contribution in [1.29, 1.82) is 0 Å². The van der Waals surface area contributed by atoms with Gasteiger partial charge in [-0.1, -0.05) is 30.3 Å². The first-order valence-corrected chi connectivity index (χ1v) is 5.83. The molecule has 4 nitrogen and oxygen atoms in total. The van der Waals surface area contributed by atoms with E-state index in [2.05, 4.69) is 5.32 Å². The van der Waals surface area contributed by atoms with Gasteiger partial charge in [0.15, 0.2) is 0 Å². The maximum absolute atomic E-state index is 11.5. The molecule has 0 unspecified atom stereocenters. The van der Waals surface area contributed by atoms with Gasteiger partial charge in [-0.15, -0.1) is 0 Å². The van der Waals surface area contributed by atoms with Crippen LogP contribution in [0.2, 0.25) is 0 Å². The van der Waals surface area contributed by atoms with Crippen LogP contribution in [-0.2, 0) is 9.53 Å². The maximum atomic E-state index is 11.5. The molecule has 4 heteroatoms. The van der Waals surface area contributed by atoms with Crippen molar-refractivity contribution in [2.24, 2.45) is 0 Å². The van der Waals surface area contributed by atoms with Crippen molar-refractivity contribution >= 4 is 5.97 Å². The zero-order valence-corrected chi connectivity index (χ0v) is 9.80. The minimum Gasteiger partial charge on any atom is -0.459 e. The standard InChI is InChI=1S/C13H17NO3/c1-9(10-5-3-2-4-6-10)14-12-7-11(8-15)17-13(12)16/h2-6,9,11-12,14-15H,7-8H2,1H3/t9-,11-,12+/m0/s1. The van der Waals surface area contributed by atoms with E-state index >= 15 is 0 Å². The van der Waals surface area contributed by atoms with Gasteiger partial charge in [0.25, 0.3) is 0 Å². The van der Waals surface area contributed by atoms with Crippen molar-refractivity contribution in [1.82, 2.24) is 5.32 Å². The van der Waals surface area contributed by atoms with E-state index in [-0.39, 0.29) is 30.8 Å². The van der Waals surface area contributed by atoms with Crippen LogP contribution in [0.3, 0.4) is 0 Å². The Morgan fingerprint density at radius 2 is 2.18 bits per heavy atom. The molecule has 1 aliphatic rings. The van der Waals surface area contributed by atoms with E-state index in [1.54, 1.807) is 0 Å². The summed E-state index contributed by atoms with van der Waals surface area (Å²) in [6.45, 7) is 1.90. The number of hydrogen-bond acceptors (Lipinski definition) is 4. The molecular formula is C13H17NO3. The molecule has 0 bridgehead atoms. The number of esters is 1. The molecule has 0 saturated carbocycles. The summed E-state index contributed by atoms with van der Waals surface area (Å²) >= 11 is 0. The number of carbonyl (C=O) groups is 1. The molecule has 0 aromatic heterocycles. The van der Waals surface area contributed by atoms with Crippen LogP contribution in [0, 0.1) is 0 Å². The van der Waals surface area contributed by atoms with E-state index in [4.69, 9.17) is 9.84 Å². The zero-order chi connectivity index (χ0) is 12.3. The summed E-state index contributed by atoms with van der Waals surface area (Å²) in [6.07, 6.45) is 0.176. The fraction of sp³-hybridized carbons (Fsp3) is 0.462. The molecule has 2 N–H and O–H groups in total. The van der Waals surface area contributed by atoms with Crippen molar-refractivity contribution in [3.05, 3.63) is 35.9 Å². The van der Waals surface area contributed by atoms with Gasteiger partial charge in [-0.3, -0.25) is 10.1 Å². The van der Waals surface area contributed by atoms with Gasteiger partial charge in [-0.2, -0.15) is 0 Å². The van der Waals surface area contributed by atoms with Gasteiger partial charge in [0.1, 0.15) is 12.1 Å². The first kappa shape index (κ1) is 12.1. The number of aliphatic hydroxyl groups excluding tert-OH is 1. The number of cyclic esters (lactones) is 1. The number of rotatable bonds is 4. The lowest BCUT2D eigenvalue weighted by atomic mass is 10.1. The first-order valence-electron chi connectivity index (χ1n) is 5.83. The summed E-state index contributed by atoms with van der Waals surface area (Å²) in [5.74, 6) is -0.271. The van der Waals surface area contributed by atoms with Crippen LogP contribution in [0.15, 0.2) is 30.3 Å². The fourth-order valence-corrected chi connectivity index (χ4v) is 2.04. The lowest BCUT2D eigenvalue weighted by Gasteiger charge is -2.17. The second kappa shape index (κ2) is 5.29. The van der Waals surface area contributed by atoms with Gasteiger partial charge in [-0.25, -0.2) is 0 Å². The topological polar surface area (TPSA) is 58.6 Å². The number of aliphatic hydroxyl groups is 1. The molecule has 1 aromatic rings. The van der Waals surface area contributed by atoms with Crippen molar-refractivity contribution in [3.63, 3.8) is 0 Å². The van der Waals surface area contributed by atoms with Crippen LogP contribution in [0.1, 0.15) is 24.9 Å². The third kappa shape index (κ3) is 2.84. The Hall–Kier alpha value is -1.39. The molecule has 1 aromatic carbocycles. The number of nitrogens with one attached hydrogen (secondary N) is 1. The monoisotopic (exact) mass is 235 g/mol. The van der Waals surface area contributed by atoms with Crippen LogP contribution in [0.5, 0.6) is 0 Å². The average molecular weight is 235 g/mol. The number of hydrogen-bond donors (Lipinski definition) is 2. The summed E-state index contributed by atoms with van der Waals surface area (Å²) in [7, 11) is 0. The summed E-state index contributed by atoms with van der Waals surface area (Å²) in [5, 5.41) is 12.2. The quantitative estimate of drug-likeness (QED) is 0.765. The Bertz CT molecular complexity index is 380. The van der Waals surface area contributed by atoms with E-state index in [9.17, 15) is 4.79 Å². The van der Waals surface area contributed by atoms with E-state index in [1.807, 2.05) is 37.3 Å². The van der Waals surface area contributed by atoms with E-state index in [0.717, 1.165) is 5.56 Å². The Morgan fingerprint density at radius 3 is 2.76 bits per heavy atom. The summed E-state index contributed by atoms with van der Waals surface area (Å²) in [5.41, 5.74) is 1.13. The van der Waals surface area contributed by atoms with Crippen LogP contribution >= 0.6 is 0 Å². The summed E-state index contributed by atoms with van der Waals surface area (Å²) < 4.78 is 5.01. The molecule has 92 valence electrons. The number of carbonyl (C=O) groups excluding carboxylic acids is 1. The van der Waals surface area contributed by atoms with Crippen molar-refractivity contribution in [2.75, 3.05) is 6.61 Å². The highest BCUT2D eigenvalue weighted by atomic mass is 16.6.